The topological polar surface area (TPSA) is 291 Å². The highest BCUT2D eigenvalue weighted by Crippen LogP contribution is 2.26. The molecule has 91 heavy (non-hydrogen) atoms. The molecule has 0 spiro atoms. The van der Waals surface area contributed by atoms with Crippen LogP contribution in [0, 0.1) is 41.4 Å². The average Bonchev–Trinajstić information content (AvgIpc) is 0.906. The van der Waals surface area contributed by atoms with E-state index in [1.165, 1.54) is 87.7 Å². The summed E-state index contributed by atoms with van der Waals surface area (Å²) in [7, 11) is 13.4. The average molecular weight is 1290 g/mol. The van der Waals surface area contributed by atoms with Crippen molar-refractivity contribution < 1.29 is 62.6 Å². The Morgan fingerprint density at radius 3 is 1.33 bits per heavy atom. The molecule has 1 aliphatic rings. The molecule has 0 radical (unpaired) electrons. The fourth-order valence-electron chi connectivity index (χ4n) is 11.2. The molecule has 1 aliphatic heterocycles. The number of hydrogen-bond acceptors (Lipinski definition) is 14. The smallest absolute Gasteiger partial charge is 0.273 e. The van der Waals surface area contributed by atoms with E-state index in [-0.39, 0.29) is 68.8 Å². The van der Waals surface area contributed by atoms with Gasteiger partial charge in [0, 0.05) is 55.9 Å². The van der Waals surface area contributed by atoms with Crippen molar-refractivity contribution in [2.75, 3.05) is 76.6 Å². The van der Waals surface area contributed by atoms with Gasteiger partial charge in [-0.2, -0.15) is 0 Å². The minimum absolute atomic E-state index is 0.0422. The SMILES string of the molecule is C/C=C/C[C@@H](C)[C@@H](O)[C@H]1C(=O)N[C@@H](CC)C(=O)N(C)[C@H](OCCN(C)C)C(=O)N(C)[C@@H](CC(C)C)C(=O)NC(C(C)C)C(=O)N(C)[C@@H](CC(C)C)C(=O)N[C@@H](C)C(=O)N[C@H](C)C(=O)N(C)[C@@H](CC(C)C)C(=O)N(C)[C@@H](CC(C)C)C(=O)N(C)C(C(C)C)C(=O)N1C. The maximum atomic E-state index is 15.3. The number of rotatable bonds is 19. The van der Waals surface area contributed by atoms with Crippen molar-refractivity contribution in [1.82, 2.24) is 60.5 Å². The highest BCUT2D eigenvalue weighted by atomic mass is 16.5. The van der Waals surface area contributed by atoms with Gasteiger partial charge < -0.3 is 70.3 Å². The molecule has 5 N–H and O–H groups in total. The third-order valence-electron chi connectivity index (χ3n) is 17.0. The number of likely N-dealkylation sites (N-methyl/N-ethyl adjacent to an activating group) is 8. The number of aliphatic hydroxyl groups is 1. The molecule has 0 aromatic heterocycles. The molecular formula is C66H120N12O13. The van der Waals surface area contributed by atoms with Crippen LogP contribution in [0.5, 0.6) is 0 Å². The first-order valence-corrected chi connectivity index (χ1v) is 32.7. The highest BCUT2D eigenvalue weighted by Gasteiger charge is 2.46. The molecule has 2 unspecified atom stereocenters. The molecule has 11 amide bonds. The van der Waals surface area contributed by atoms with Gasteiger partial charge in [0.15, 0.2) is 0 Å². The Hall–Kier alpha value is -6.21. The molecule has 1 fully saturated rings. The Bertz CT molecular complexity index is 2470. The van der Waals surface area contributed by atoms with E-state index in [4.69, 9.17) is 4.74 Å². The van der Waals surface area contributed by atoms with Crippen LogP contribution in [0.2, 0.25) is 0 Å². The summed E-state index contributed by atoms with van der Waals surface area (Å²) in [5, 5.41) is 23.3. The lowest BCUT2D eigenvalue weighted by atomic mass is 9.91. The Balaban J connectivity index is 4.52. The van der Waals surface area contributed by atoms with E-state index in [2.05, 4.69) is 21.3 Å². The van der Waals surface area contributed by atoms with E-state index in [0.29, 0.717) is 6.54 Å². The van der Waals surface area contributed by atoms with Crippen molar-refractivity contribution in [2.24, 2.45) is 41.4 Å². The van der Waals surface area contributed by atoms with Crippen molar-refractivity contribution >= 4 is 65.0 Å². The quantitative estimate of drug-likeness (QED) is 0.116. The molecule has 0 aliphatic carbocycles. The first-order chi connectivity index (χ1) is 42.0. The maximum Gasteiger partial charge on any atom is 0.273 e. The normalized spacial score (nSPS) is 26.8. The summed E-state index contributed by atoms with van der Waals surface area (Å²) < 4.78 is 6.24. The second-order valence-electron chi connectivity index (χ2n) is 27.8. The fraction of sp³-hybridized carbons (Fsp3) is 0.803. The third-order valence-corrected chi connectivity index (χ3v) is 17.0. The van der Waals surface area contributed by atoms with E-state index >= 15 is 24.0 Å². The molecule has 1 saturated heterocycles. The van der Waals surface area contributed by atoms with Crippen LogP contribution in [-0.2, 0) is 57.5 Å². The van der Waals surface area contributed by atoms with E-state index in [9.17, 15) is 33.9 Å². The van der Waals surface area contributed by atoms with Crippen LogP contribution < -0.4 is 21.3 Å². The Morgan fingerprint density at radius 2 is 0.890 bits per heavy atom. The van der Waals surface area contributed by atoms with Crippen molar-refractivity contribution in [3.8, 4) is 0 Å². The maximum absolute atomic E-state index is 15.3. The van der Waals surface area contributed by atoms with Gasteiger partial charge in [0.05, 0.1) is 12.7 Å². The molecule has 25 heteroatoms. The standard InChI is InChI=1S/C66H120N12O13/c1-27-29-30-43(15)54(79)53-58(83)69-46(28-2)60(85)78(26)66(91-32-31-71(18)19)65(90)73(21)48(34-38(5)6)57(82)70-51(41(11)12)63(88)72(20)47(33-37(3)4)56(81)67-44(16)55(80)68-45(17)59(84)74(22)49(35-39(7)8)61(86)75(23)50(36-40(9)10)62(87)76(24)52(42(13)14)64(89)77(53)25/h27,29,37-54,66,79H,28,30-36H2,1-26H3,(H,67,81)(H,68,80)(H,69,83)(H,70,82)/b29-27+/t43-,44+,45-,46+,47+,48+,49+,50+,51?,52?,53+,54-,66-/m1/s1. The Morgan fingerprint density at radius 1 is 0.473 bits per heavy atom. The van der Waals surface area contributed by atoms with Crippen LogP contribution in [0.3, 0.4) is 0 Å². The summed E-state index contributed by atoms with van der Waals surface area (Å²) in [6.45, 7) is 30.0. The number of amides is 11. The van der Waals surface area contributed by atoms with Crippen molar-refractivity contribution in [3.63, 3.8) is 0 Å². The molecule has 1 rings (SSSR count). The Kier molecular flexibility index (Phi) is 34.7. The second-order valence-corrected chi connectivity index (χ2v) is 27.8. The van der Waals surface area contributed by atoms with Crippen molar-refractivity contribution in [3.05, 3.63) is 12.2 Å². The van der Waals surface area contributed by atoms with Crippen LogP contribution in [0.4, 0.5) is 0 Å². The summed E-state index contributed by atoms with van der Waals surface area (Å²) >= 11 is 0. The van der Waals surface area contributed by atoms with Gasteiger partial charge in [-0.15, -0.1) is 0 Å². The zero-order chi connectivity index (χ0) is 70.5. The van der Waals surface area contributed by atoms with Crippen LogP contribution in [0.1, 0.15) is 156 Å². The van der Waals surface area contributed by atoms with Gasteiger partial charge in [-0.3, -0.25) is 52.7 Å². The predicted octanol–water partition coefficient (Wildman–Crippen LogP) is 3.17. The number of ether oxygens (including phenoxy) is 1. The third kappa shape index (κ3) is 23.7. The van der Waals surface area contributed by atoms with Gasteiger partial charge in [-0.25, -0.2) is 0 Å². The fourth-order valence-corrected chi connectivity index (χ4v) is 11.2. The lowest BCUT2D eigenvalue weighted by molar-refractivity contribution is -0.168. The second kappa shape index (κ2) is 38.1. The lowest BCUT2D eigenvalue weighted by Gasteiger charge is -2.41. The highest BCUT2D eigenvalue weighted by molar-refractivity contribution is 6.00. The molecule has 0 aromatic carbocycles. The van der Waals surface area contributed by atoms with E-state index in [1.54, 1.807) is 79.6 Å². The monoisotopic (exact) mass is 1290 g/mol. The van der Waals surface area contributed by atoms with Crippen LogP contribution in [-0.4, -0.2) is 259 Å². The summed E-state index contributed by atoms with van der Waals surface area (Å²) in [6.07, 6.45) is 1.13. The van der Waals surface area contributed by atoms with Crippen molar-refractivity contribution in [2.45, 2.75) is 229 Å². The minimum atomic E-state index is -1.68. The van der Waals surface area contributed by atoms with E-state index in [1.807, 2.05) is 55.4 Å². The van der Waals surface area contributed by atoms with Gasteiger partial charge in [-0.05, 0) is 115 Å². The number of allylic oxidation sites excluding steroid dienone is 2. The largest absolute Gasteiger partial charge is 0.390 e. The van der Waals surface area contributed by atoms with Gasteiger partial charge >= 0.3 is 0 Å². The molecule has 0 aromatic rings. The Labute approximate surface area is 545 Å². The predicted molar refractivity (Wildman–Crippen MR) is 352 cm³/mol. The zero-order valence-corrected chi connectivity index (χ0v) is 60.2. The zero-order valence-electron chi connectivity index (χ0n) is 60.2. The first-order valence-electron chi connectivity index (χ1n) is 32.7. The van der Waals surface area contributed by atoms with Crippen LogP contribution in [0.25, 0.3) is 0 Å². The van der Waals surface area contributed by atoms with Gasteiger partial charge in [-0.1, -0.05) is 109 Å². The van der Waals surface area contributed by atoms with Crippen LogP contribution in [0.15, 0.2) is 12.2 Å². The summed E-state index contributed by atoms with van der Waals surface area (Å²) in [6, 6.07) is -12.8. The lowest BCUT2D eigenvalue weighted by Crippen LogP contribution is -2.64. The van der Waals surface area contributed by atoms with Crippen LogP contribution >= 0.6 is 0 Å². The number of aliphatic hydroxyl groups excluding tert-OH is 1. The van der Waals surface area contributed by atoms with E-state index < -0.39 is 155 Å². The molecular weight excluding hydrogens is 1170 g/mol. The molecule has 0 saturated carbocycles. The summed E-state index contributed by atoms with van der Waals surface area (Å²) in [5.74, 6) is -10.4. The van der Waals surface area contributed by atoms with Crippen molar-refractivity contribution in [1.29, 1.82) is 0 Å². The molecule has 522 valence electrons. The van der Waals surface area contributed by atoms with Gasteiger partial charge in [0.1, 0.15) is 60.4 Å². The summed E-state index contributed by atoms with van der Waals surface area (Å²) in [5.41, 5.74) is 0. The minimum Gasteiger partial charge on any atom is -0.390 e. The van der Waals surface area contributed by atoms with E-state index in [0.717, 1.165) is 9.80 Å². The molecule has 13 atom stereocenters. The molecule has 0 bridgehead atoms. The number of carbonyl (C=O) groups is 11. The number of carbonyl (C=O) groups excluding carboxylic acids is 11. The van der Waals surface area contributed by atoms with Gasteiger partial charge in [0.2, 0.25) is 65.3 Å². The number of hydrogen-bond donors (Lipinski definition) is 5. The van der Waals surface area contributed by atoms with Gasteiger partial charge in [0.25, 0.3) is 5.91 Å². The molecule has 25 nitrogen and oxygen atoms in total. The number of nitrogens with zero attached hydrogens (tertiary/aromatic N) is 8. The first kappa shape index (κ1) is 82.8. The summed E-state index contributed by atoms with van der Waals surface area (Å²) in [4.78, 5) is 173. The molecule has 1 heterocycles. The number of nitrogens with one attached hydrogen (secondary N) is 4.